The second-order valence-corrected chi connectivity index (χ2v) is 4.48. The zero-order valence-corrected chi connectivity index (χ0v) is 9.97. The van der Waals surface area contributed by atoms with Gasteiger partial charge in [0.15, 0.2) is 0 Å². The van der Waals surface area contributed by atoms with Gasteiger partial charge in [0.1, 0.15) is 0 Å². The fourth-order valence-electron chi connectivity index (χ4n) is 2.47. The van der Waals surface area contributed by atoms with Gasteiger partial charge >= 0.3 is 0 Å². The first-order valence-electron chi connectivity index (χ1n) is 5.96. The minimum atomic E-state index is 0.847. The van der Waals surface area contributed by atoms with Crippen molar-refractivity contribution in [2.75, 3.05) is 0 Å². The molecule has 0 heteroatoms. The lowest BCUT2D eigenvalue weighted by Crippen LogP contribution is -2.19. The van der Waals surface area contributed by atoms with Crippen molar-refractivity contribution in [3.63, 3.8) is 0 Å². The Bertz CT molecular complexity index is 94.6. The maximum absolute atomic E-state index is 4.09. The summed E-state index contributed by atoms with van der Waals surface area (Å²) in [5.41, 5.74) is 0. The van der Waals surface area contributed by atoms with Gasteiger partial charge in [-0.25, -0.2) is 0 Å². The van der Waals surface area contributed by atoms with Gasteiger partial charge in [-0.15, -0.1) is 0 Å². The molecule has 0 saturated heterocycles. The van der Waals surface area contributed by atoms with Gasteiger partial charge in [0.2, 0.25) is 0 Å². The van der Waals surface area contributed by atoms with E-state index in [0.29, 0.717) is 0 Å². The van der Waals surface area contributed by atoms with Crippen LogP contribution in [-0.4, -0.2) is 0 Å². The molecule has 0 N–H and O–H groups in total. The van der Waals surface area contributed by atoms with Crippen LogP contribution in [0.25, 0.3) is 0 Å². The van der Waals surface area contributed by atoms with Crippen molar-refractivity contribution < 1.29 is 0 Å². The van der Waals surface area contributed by atoms with Gasteiger partial charge in [0.25, 0.3) is 0 Å². The Balaban J connectivity index is 3.98. The Morgan fingerprint density at radius 3 is 1.54 bits per heavy atom. The molecule has 13 heavy (non-hydrogen) atoms. The van der Waals surface area contributed by atoms with E-state index in [1.165, 1.54) is 25.7 Å². The molecule has 0 bridgehead atoms. The molecule has 79 valence electrons. The molecule has 2 unspecified atom stereocenters. The smallest absolute Gasteiger partial charge is 0.0363 e. The minimum absolute atomic E-state index is 0.847. The van der Waals surface area contributed by atoms with Gasteiger partial charge in [-0.05, 0) is 24.2 Å². The van der Waals surface area contributed by atoms with E-state index >= 15 is 0 Å². The SMILES string of the molecule is [CH2]CC(C(C)CCC)C(C)CCC. The Morgan fingerprint density at radius 2 is 1.31 bits per heavy atom. The monoisotopic (exact) mass is 183 g/mol. The van der Waals surface area contributed by atoms with Gasteiger partial charge in [-0.3, -0.25) is 0 Å². The van der Waals surface area contributed by atoms with Gasteiger partial charge < -0.3 is 0 Å². The van der Waals surface area contributed by atoms with Crippen molar-refractivity contribution in [3.8, 4) is 0 Å². The summed E-state index contributed by atoms with van der Waals surface area (Å²) in [7, 11) is 0. The molecule has 0 aromatic heterocycles. The van der Waals surface area contributed by atoms with Gasteiger partial charge in [-0.1, -0.05) is 60.3 Å². The lowest BCUT2D eigenvalue weighted by molar-refractivity contribution is 0.231. The summed E-state index contributed by atoms with van der Waals surface area (Å²) in [4.78, 5) is 0. The van der Waals surface area contributed by atoms with Crippen LogP contribution in [0.1, 0.15) is 59.8 Å². The van der Waals surface area contributed by atoms with Gasteiger partial charge in [0.05, 0.1) is 0 Å². The van der Waals surface area contributed by atoms with Crippen LogP contribution < -0.4 is 0 Å². The van der Waals surface area contributed by atoms with E-state index in [9.17, 15) is 0 Å². The molecule has 0 aliphatic carbocycles. The largest absolute Gasteiger partial charge is 0.0654 e. The summed E-state index contributed by atoms with van der Waals surface area (Å²) < 4.78 is 0. The van der Waals surface area contributed by atoms with Crippen molar-refractivity contribution in [1.29, 1.82) is 0 Å². The topological polar surface area (TPSA) is 0 Å². The third kappa shape index (κ3) is 4.69. The zero-order chi connectivity index (χ0) is 10.3. The Hall–Kier alpha value is 0. The summed E-state index contributed by atoms with van der Waals surface area (Å²) in [6.45, 7) is 13.4. The van der Waals surface area contributed by atoms with Crippen LogP contribution >= 0.6 is 0 Å². The van der Waals surface area contributed by atoms with E-state index in [-0.39, 0.29) is 0 Å². The molecule has 0 aromatic carbocycles. The predicted octanol–water partition coefficient (Wildman–Crippen LogP) is 4.70. The molecule has 0 heterocycles. The predicted molar refractivity (Wildman–Crippen MR) is 61.6 cm³/mol. The summed E-state index contributed by atoms with van der Waals surface area (Å²) >= 11 is 0. The molecule has 0 nitrogen and oxygen atoms in total. The molecule has 0 rings (SSSR count). The van der Waals surface area contributed by atoms with Gasteiger partial charge in [-0.2, -0.15) is 0 Å². The highest BCUT2D eigenvalue weighted by Crippen LogP contribution is 2.30. The molecule has 0 aromatic rings. The Labute approximate surface area is 85.1 Å². The van der Waals surface area contributed by atoms with Crippen molar-refractivity contribution in [2.45, 2.75) is 59.8 Å². The first-order valence-corrected chi connectivity index (χ1v) is 5.96. The summed E-state index contributed by atoms with van der Waals surface area (Å²) in [6, 6.07) is 0. The second-order valence-electron chi connectivity index (χ2n) is 4.48. The van der Waals surface area contributed by atoms with Crippen LogP contribution in [0.15, 0.2) is 0 Å². The molecule has 0 aliphatic rings. The van der Waals surface area contributed by atoms with Crippen LogP contribution in [0.4, 0.5) is 0 Å². The third-order valence-corrected chi connectivity index (χ3v) is 3.28. The third-order valence-electron chi connectivity index (χ3n) is 3.28. The zero-order valence-electron chi connectivity index (χ0n) is 9.97. The molecule has 0 amide bonds. The normalized spacial score (nSPS) is 18.2. The lowest BCUT2D eigenvalue weighted by atomic mass is 9.78. The molecule has 2 atom stereocenters. The minimum Gasteiger partial charge on any atom is -0.0654 e. The van der Waals surface area contributed by atoms with E-state index in [2.05, 4.69) is 34.6 Å². The van der Waals surface area contributed by atoms with Crippen LogP contribution in [0.5, 0.6) is 0 Å². The van der Waals surface area contributed by atoms with E-state index in [4.69, 9.17) is 0 Å². The maximum atomic E-state index is 4.09. The van der Waals surface area contributed by atoms with Crippen molar-refractivity contribution in [1.82, 2.24) is 0 Å². The van der Waals surface area contributed by atoms with E-state index in [0.717, 1.165) is 24.2 Å². The molecule has 0 spiro atoms. The molecule has 1 radical (unpaired) electrons. The average molecular weight is 183 g/mol. The summed E-state index contributed by atoms with van der Waals surface area (Å²) in [5.74, 6) is 2.58. The van der Waals surface area contributed by atoms with Gasteiger partial charge in [0, 0.05) is 0 Å². The molecule has 0 fully saturated rings. The van der Waals surface area contributed by atoms with Crippen LogP contribution in [0.3, 0.4) is 0 Å². The van der Waals surface area contributed by atoms with Crippen LogP contribution in [0.2, 0.25) is 0 Å². The number of hydrogen-bond donors (Lipinski definition) is 0. The molecule has 0 aliphatic heterocycles. The first kappa shape index (κ1) is 13.0. The fourth-order valence-corrected chi connectivity index (χ4v) is 2.47. The molecular weight excluding hydrogens is 156 g/mol. The van der Waals surface area contributed by atoms with Crippen LogP contribution in [0, 0.1) is 24.7 Å². The molecular formula is C13H27. The van der Waals surface area contributed by atoms with E-state index in [1.807, 2.05) is 0 Å². The lowest BCUT2D eigenvalue weighted by Gasteiger charge is -2.28. The summed E-state index contributed by atoms with van der Waals surface area (Å²) in [6.07, 6.45) is 6.48. The number of rotatable bonds is 7. The Morgan fingerprint density at radius 1 is 0.923 bits per heavy atom. The maximum Gasteiger partial charge on any atom is -0.0363 e. The van der Waals surface area contributed by atoms with Crippen LogP contribution in [-0.2, 0) is 0 Å². The highest BCUT2D eigenvalue weighted by Gasteiger charge is 2.20. The van der Waals surface area contributed by atoms with E-state index in [1.54, 1.807) is 0 Å². The second kappa shape index (κ2) is 7.41. The summed E-state index contributed by atoms with van der Waals surface area (Å²) in [5, 5.41) is 0. The Kier molecular flexibility index (Phi) is 7.41. The fraction of sp³-hybridized carbons (Fsp3) is 0.923. The van der Waals surface area contributed by atoms with Crippen molar-refractivity contribution in [2.24, 2.45) is 17.8 Å². The van der Waals surface area contributed by atoms with Crippen molar-refractivity contribution >= 4 is 0 Å². The number of hydrogen-bond acceptors (Lipinski definition) is 0. The highest BCUT2D eigenvalue weighted by atomic mass is 14.3. The average Bonchev–Trinajstić information content (AvgIpc) is 2.06. The van der Waals surface area contributed by atoms with E-state index < -0.39 is 0 Å². The molecule has 0 saturated carbocycles. The first-order chi connectivity index (χ1) is 6.17. The van der Waals surface area contributed by atoms with Crippen molar-refractivity contribution in [3.05, 3.63) is 6.92 Å². The highest BCUT2D eigenvalue weighted by molar-refractivity contribution is 4.72. The standard InChI is InChI=1S/C13H27/c1-6-9-11(4)13(8-3)12(5)10-7-2/h11-13H,3,6-10H2,1-2,4-5H3. The quantitative estimate of drug-likeness (QED) is 0.536.